The first-order chi connectivity index (χ1) is 14.1. The fourth-order valence-corrected chi connectivity index (χ4v) is 3.07. The molecule has 146 valence electrons. The normalized spacial score (nSPS) is 10.7. The monoisotopic (exact) mass is 409 g/mol. The second-order valence-electron chi connectivity index (χ2n) is 6.14. The second-order valence-corrected chi connectivity index (χ2v) is 6.55. The van der Waals surface area contributed by atoms with Crippen molar-refractivity contribution in [2.24, 2.45) is 0 Å². The lowest BCUT2D eigenvalue weighted by Gasteiger charge is -2.13. The van der Waals surface area contributed by atoms with Crippen LogP contribution < -0.4 is 10.1 Å². The summed E-state index contributed by atoms with van der Waals surface area (Å²) in [6.07, 6.45) is 6.79. The molecule has 1 amide bonds. The van der Waals surface area contributed by atoms with Crippen molar-refractivity contribution in [1.82, 2.24) is 29.8 Å². The summed E-state index contributed by atoms with van der Waals surface area (Å²) in [6, 6.07) is 10.7. The van der Waals surface area contributed by atoms with Crippen LogP contribution in [0.2, 0.25) is 5.02 Å². The van der Waals surface area contributed by atoms with Gasteiger partial charge in [-0.1, -0.05) is 23.7 Å². The Morgan fingerprint density at radius 2 is 2.03 bits per heavy atom. The van der Waals surface area contributed by atoms with Crippen molar-refractivity contribution >= 4 is 23.2 Å². The molecule has 0 fully saturated rings. The lowest BCUT2D eigenvalue weighted by Crippen LogP contribution is -2.14. The van der Waals surface area contributed by atoms with Gasteiger partial charge in [-0.05, 0) is 34.2 Å². The SMILES string of the molecule is COc1cc(-n2cnnn2)c(Cl)cc1C(=O)Nc1ccc(Cn2ccnc2)cc1. The largest absolute Gasteiger partial charge is 0.496 e. The number of nitrogens with zero attached hydrogens (tertiary/aromatic N) is 6. The number of aromatic nitrogens is 6. The molecule has 0 bridgehead atoms. The maximum Gasteiger partial charge on any atom is 0.259 e. The van der Waals surface area contributed by atoms with Crippen molar-refractivity contribution in [2.75, 3.05) is 12.4 Å². The summed E-state index contributed by atoms with van der Waals surface area (Å²) in [6.45, 7) is 0.705. The average Bonchev–Trinajstić information content (AvgIpc) is 3.43. The molecule has 2 heterocycles. The predicted octanol–water partition coefficient (Wildman–Crippen LogP) is 2.82. The highest BCUT2D eigenvalue weighted by atomic mass is 35.5. The van der Waals surface area contributed by atoms with Gasteiger partial charge < -0.3 is 14.6 Å². The predicted molar refractivity (Wildman–Crippen MR) is 106 cm³/mol. The molecular weight excluding hydrogens is 394 g/mol. The highest BCUT2D eigenvalue weighted by Gasteiger charge is 2.17. The molecule has 10 heteroatoms. The summed E-state index contributed by atoms with van der Waals surface area (Å²) in [5.41, 5.74) is 2.56. The van der Waals surface area contributed by atoms with Crippen LogP contribution in [0.5, 0.6) is 5.75 Å². The molecule has 0 spiro atoms. The van der Waals surface area contributed by atoms with Crippen LogP contribution in [0.25, 0.3) is 5.69 Å². The minimum atomic E-state index is -0.339. The summed E-state index contributed by atoms with van der Waals surface area (Å²) in [5, 5.41) is 14.2. The number of amides is 1. The molecule has 0 unspecified atom stereocenters. The number of carbonyl (C=O) groups is 1. The molecule has 4 rings (SSSR count). The quantitative estimate of drug-likeness (QED) is 0.525. The van der Waals surface area contributed by atoms with E-state index in [2.05, 4.69) is 25.8 Å². The van der Waals surface area contributed by atoms with E-state index < -0.39 is 0 Å². The third kappa shape index (κ3) is 4.09. The Kier molecular flexibility index (Phi) is 5.21. The highest BCUT2D eigenvalue weighted by Crippen LogP contribution is 2.30. The van der Waals surface area contributed by atoms with Crippen molar-refractivity contribution in [2.45, 2.75) is 6.54 Å². The van der Waals surface area contributed by atoms with Crippen molar-refractivity contribution in [3.63, 3.8) is 0 Å². The van der Waals surface area contributed by atoms with E-state index in [4.69, 9.17) is 16.3 Å². The van der Waals surface area contributed by atoms with Crippen LogP contribution in [-0.2, 0) is 6.54 Å². The van der Waals surface area contributed by atoms with E-state index in [1.165, 1.54) is 24.2 Å². The number of halogens is 1. The summed E-state index contributed by atoms with van der Waals surface area (Å²) >= 11 is 6.33. The van der Waals surface area contributed by atoms with Gasteiger partial charge in [-0.3, -0.25) is 4.79 Å². The van der Waals surface area contributed by atoms with Gasteiger partial charge in [0.25, 0.3) is 5.91 Å². The zero-order valence-corrected chi connectivity index (χ0v) is 16.1. The van der Waals surface area contributed by atoms with E-state index in [1.54, 1.807) is 18.6 Å². The molecular formula is C19H16ClN7O2. The van der Waals surface area contributed by atoms with E-state index in [0.29, 0.717) is 34.3 Å². The molecule has 0 saturated heterocycles. The summed E-state index contributed by atoms with van der Waals surface area (Å²) < 4.78 is 8.72. The Bertz CT molecular complexity index is 1110. The van der Waals surface area contributed by atoms with E-state index in [0.717, 1.165) is 5.56 Å². The highest BCUT2D eigenvalue weighted by molar-refractivity contribution is 6.33. The first-order valence-corrected chi connectivity index (χ1v) is 8.99. The van der Waals surface area contributed by atoms with Gasteiger partial charge >= 0.3 is 0 Å². The Balaban J connectivity index is 1.52. The number of benzene rings is 2. The Morgan fingerprint density at radius 1 is 1.21 bits per heavy atom. The smallest absolute Gasteiger partial charge is 0.259 e. The minimum absolute atomic E-state index is 0.303. The van der Waals surface area contributed by atoms with Gasteiger partial charge in [-0.25, -0.2) is 4.98 Å². The first kappa shape index (κ1) is 18.6. The van der Waals surface area contributed by atoms with Crippen molar-refractivity contribution < 1.29 is 9.53 Å². The summed E-state index contributed by atoms with van der Waals surface area (Å²) in [4.78, 5) is 16.8. The number of imidazole rings is 1. The standard InChI is InChI=1S/C19H16ClN7O2/c1-29-18-9-17(27-12-22-24-25-27)16(20)8-15(18)19(28)23-14-4-2-13(3-5-14)10-26-7-6-21-11-26/h2-9,11-12H,10H2,1H3,(H,23,28). The lowest BCUT2D eigenvalue weighted by molar-refractivity contribution is 0.102. The molecule has 0 saturated carbocycles. The van der Waals surface area contributed by atoms with Gasteiger partial charge in [0.2, 0.25) is 0 Å². The number of carbonyl (C=O) groups excluding carboxylic acids is 1. The molecule has 0 aliphatic heterocycles. The van der Waals surface area contributed by atoms with Gasteiger partial charge in [-0.2, -0.15) is 4.68 Å². The third-order valence-corrected chi connectivity index (χ3v) is 4.55. The average molecular weight is 410 g/mol. The zero-order chi connectivity index (χ0) is 20.2. The van der Waals surface area contributed by atoms with Gasteiger partial charge in [0.05, 0.1) is 29.7 Å². The van der Waals surface area contributed by atoms with Gasteiger partial charge in [0.15, 0.2) is 0 Å². The van der Waals surface area contributed by atoms with Crippen molar-refractivity contribution in [3.8, 4) is 11.4 Å². The van der Waals surface area contributed by atoms with E-state index >= 15 is 0 Å². The van der Waals surface area contributed by atoms with Gasteiger partial charge in [0.1, 0.15) is 12.1 Å². The molecule has 1 N–H and O–H groups in total. The number of hydrogen-bond donors (Lipinski definition) is 1. The van der Waals surface area contributed by atoms with Gasteiger partial charge in [0, 0.05) is 30.7 Å². The first-order valence-electron chi connectivity index (χ1n) is 8.61. The topological polar surface area (TPSA) is 99.8 Å². The fourth-order valence-electron chi connectivity index (χ4n) is 2.82. The van der Waals surface area contributed by atoms with E-state index in [1.807, 2.05) is 35.0 Å². The van der Waals surface area contributed by atoms with Crippen LogP contribution in [0.4, 0.5) is 5.69 Å². The van der Waals surface area contributed by atoms with E-state index in [-0.39, 0.29) is 5.91 Å². The number of nitrogens with one attached hydrogen (secondary N) is 1. The number of ether oxygens (including phenoxy) is 1. The fraction of sp³-hybridized carbons (Fsp3) is 0.105. The molecule has 29 heavy (non-hydrogen) atoms. The number of anilines is 1. The van der Waals surface area contributed by atoms with Crippen molar-refractivity contribution in [3.05, 3.63) is 77.6 Å². The summed E-state index contributed by atoms with van der Waals surface area (Å²) in [5.74, 6) is 0.0171. The summed E-state index contributed by atoms with van der Waals surface area (Å²) in [7, 11) is 1.48. The second kappa shape index (κ2) is 8.11. The van der Waals surface area contributed by atoms with Crippen LogP contribution in [-0.4, -0.2) is 42.8 Å². The van der Waals surface area contributed by atoms with Crippen molar-refractivity contribution in [1.29, 1.82) is 0 Å². The molecule has 0 radical (unpaired) electrons. The third-order valence-electron chi connectivity index (χ3n) is 4.25. The maximum atomic E-state index is 12.8. The van der Waals surface area contributed by atoms with Crippen LogP contribution >= 0.6 is 11.6 Å². The molecule has 0 aliphatic carbocycles. The van der Waals surface area contributed by atoms with Crippen LogP contribution in [0.3, 0.4) is 0 Å². The number of tetrazole rings is 1. The van der Waals surface area contributed by atoms with Crippen LogP contribution in [0.1, 0.15) is 15.9 Å². The molecule has 0 atom stereocenters. The van der Waals surface area contributed by atoms with Crippen LogP contribution in [0.15, 0.2) is 61.4 Å². The van der Waals surface area contributed by atoms with Crippen LogP contribution in [0, 0.1) is 0 Å². The molecule has 9 nitrogen and oxygen atoms in total. The Morgan fingerprint density at radius 3 is 2.69 bits per heavy atom. The lowest BCUT2D eigenvalue weighted by atomic mass is 10.1. The molecule has 4 aromatic rings. The molecule has 2 aromatic carbocycles. The molecule has 0 aliphatic rings. The minimum Gasteiger partial charge on any atom is -0.496 e. The number of hydrogen-bond acceptors (Lipinski definition) is 6. The number of rotatable bonds is 6. The Hall–Kier alpha value is -3.72. The van der Waals surface area contributed by atoms with Gasteiger partial charge in [-0.15, -0.1) is 5.10 Å². The van der Waals surface area contributed by atoms with E-state index in [9.17, 15) is 4.79 Å². The number of methoxy groups -OCH3 is 1. The molecule has 2 aromatic heterocycles. The zero-order valence-electron chi connectivity index (χ0n) is 15.4. The maximum absolute atomic E-state index is 12.8. The Labute approximate surface area is 170 Å².